The second-order valence-corrected chi connectivity index (χ2v) is 8.65. The first-order valence-electron chi connectivity index (χ1n) is 7.27. The van der Waals surface area contributed by atoms with Gasteiger partial charge in [0.05, 0.1) is 0 Å². The van der Waals surface area contributed by atoms with Gasteiger partial charge in [-0.25, -0.2) is 12.8 Å². The summed E-state index contributed by atoms with van der Waals surface area (Å²) in [5.74, 6) is -0.902. The third-order valence-electron chi connectivity index (χ3n) is 4.28. The van der Waals surface area contributed by atoms with Crippen LogP contribution < -0.4 is 5.32 Å². The van der Waals surface area contributed by atoms with Crippen molar-refractivity contribution in [1.29, 1.82) is 0 Å². The second kappa shape index (κ2) is 6.75. The van der Waals surface area contributed by atoms with Crippen molar-refractivity contribution in [2.45, 2.75) is 24.1 Å². The molecule has 5 nitrogen and oxygen atoms in total. The average molecular weight is 363 g/mol. The predicted molar refractivity (Wildman–Crippen MR) is 87.6 cm³/mol. The zero-order chi connectivity index (χ0) is 17.3. The van der Waals surface area contributed by atoms with Crippen LogP contribution in [-0.4, -0.2) is 50.4 Å². The molecule has 1 amide bonds. The molecule has 0 unspecified atom stereocenters. The van der Waals surface area contributed by atoms with Gasteiger partial charge in [0, 0.05) is 24.9 Å². The van der Waals surface area contributed by atoms with Crippen LogP contribution in [0.2, 0.25) is 5.02 Å². The third-order valence-corrected chi connectivity index (χ3v) is 6.63. The summed E-state index contributed by atoms with van der Waals surface area (Å²) in [6.45, 7) is 1.08. The van der Waals surface area contributed by atoms with Crippen LogP contribution in [0.5, 0.6) is 0 Å². The Morgan fingerprint density at radius 2 is 2.00 bits per heavy atom. The molecule has 1 aliphatic heterocycles. The van der Waals surface area contributed by atoms with Crippen molar-refractivity contribution in [3.8, 4) is 0 Å². The fourth-order valence-corrected chi connectivity index (χ4v) is 4.54. The molecular weight excluding hydrogens is 343 g/mol. The van der Waals surface area contributed by atoms with Gasteiger partial charge in [0.25, 0.3) is 0 Å². The molecule has 0 atom stereocenters. The normalized spacial score (nSPS) is 17.7. The molecule has 0 aromatic heterocycles. The van der Waals surface area contributed by atoms with Gasteiger partial charge in [-0.1, -0.05) is 17.7 Å². The summed E-state index contributed by atoms with van der Waals surface area (Å²) in [7, 11) is -2.03. The molecule has 1 N–H and O–H groups in total. The number of carbonyl (C=O) groups excluding carboxylic acids is 1. The molecule has 128 valence electrons. The fourth-order valence-electron chi connectivity index (χ4n) is 2.90. The Hall–Kier alpha value is -1.18. The predicted octanol–water partition coefficient (Wildman–Crippen LogP) is 1.60. The van der Waals surface area contributed by atoms with E-state index in [0.717, 1.165) is 6.26 Å². The lowest BCUT2D eigenvalue weighted by Crippen LogP contribution is -2.57. The molecule has 0 bridgehead atoms. The van der Waals surface area contributed by atoms with Gasteiger partial charge in [-0.15, -0.1) is 0 Å². The number of sulfone groups is 1. The van der Waals surface area contributed by atoms with Crippen LogP contribution in [0.25, 0.3) is 0 Å². The van der Waals surface area contributed by atoms with Crippen molar-refractivity contribution in [2.24, 2.45) is 0 Å². The lowest BCUT2D eigenvalue weighted by molar-refractivity contribution is -0.134. The summed E-state index contributed by atoms with van der Waals surface area (Å²) >= 11 is 5.98. The third kappa shape index (κ3) is 3.67. The molecular formula is C15H20ClFN2O3S. The van der Waals surface area contributed by atoms with Gasteiger partial charge in [-0.2, -0.15) is 0 Å². The first-order valence-corrected chi connectivity index (χ1v) is 9.54. The molecule has 23 heavy (non-hydrogen) atoms. The lowest BCUT2D eigenvalue weighted by atomic mass is 9.95. The highest BCUT2D eigenvalue weighted by Gasteiger charge is 2.49. The Morgan fingerprint density at radius 3 is 2.52 bits per heavy atom. The molecule has 2 rings (SSSR count). The number of benzene rings is 1. The number of piperidine rings is 1. The van der Waals surface area contributed by atoms with E-state index in [1.807, 2.05) is 0 Å². The molecule has 0 radical (unpaired) electrons. The van der Waals surface area contributed by atoms with Crippen LogP contribution in [0.15, 0.2) is 18.2 Å². The number of carbonyl (C=O) groups is 1. The van der Waals surface area contributed by atoms with Gasteiger partial charge in [-0.3, -0.25) is 4.79 Å². The SMILES string of the molecule is CN(Cc1ccc(F)cc1Cl)C(=O)C1(S(C)(=O)=O)CCNCC1. The lowest BCUT2D eigenvalue weighted by Gasteiger charge is -2.37. The van der Waals surface area contributed by atoms with E-state index in [9.17, 15) is 17.6 Å². The quantitative estimate of drug-likeness (QED) is 0.883. The highest BCUT2D eigenvalue weighted by atomic mass is 35.5. The van der Waals surface area contributed by atoms with E-state index in [2.05, 4.69) is 5.32 Å². The fraction of sp³-hybridized carbons (Fsp3) is 0.533. The number of halogens is 2. The van der Waals surface area contributed by atoms with Crippen LogP contribution in [-0.2, 0) is 21.2 Å². The van der Waals surface area contributed by atoms with Crippen LogP contribution in [0.4, 0.5) is 4.39 Å². The minimum Gasteiger partial charge on any atom is -0.340 e. The largest absolute Gasteiger partial charge is 0.340 e. The molecule has 1 aliphatic rings. The molecule has 1 aromatic rings. The van der Waals surface area contributed by atoms with E-state index in [-0.39, 0.29) is 24.4 Å². The highest BCUT2D eigenvalue weighted by Crippen LogP contribution is 2.30. The maximum absolute atomic E-state index is 13.1. The number of nitrogens with one attached hydrogen (secondary N) is 1. The summed E-state index contributed by atoms with van der Waals surface area (Å²) in [6.07, 6.45) is 1.59. The monoisotopic (exact) mass is 362 g/mol. The van der Waals surface area contributed by atoms with Crippen molar-refractivity contribution in [2.75, 3.05) is 26.4 Å². The molecule has 0 aliphatic carbocycles. The van der Waals surface area contributed by atoms with Crippen molar-refractivity contribution in [1.82, 2.24) is 10.2 Å². The van der Waals surface area contributed by atoms with Crippen LogP contribution in [0, 0.1) is 5.82 Å². The van der Waals surface area contributed by atoms with Crippen LogP contribution in [0.3, 0.4) is 0 Å². The van der Waals surface area contributed by atoms with E-state index in [4.69, 9.17) is 11.6 Å². The maximum Gasteiger partial charge on any atom is 0.244 e. The molecule has 1 aromatic carbocycles. The summed E-state index contributed by atoms with van der Waals surface area (Å²) in [5.41, 5.74) is 0.571. The Bertz CT molecular complexity index is 703. The van der Waals surface area contributed by atoms with Gasteiger partial charge in [-0.05, 0) is 43.6 Å². The van der Waals surface area contributed by atoms with Crippen molar-refractivity contribution in [3.63, 3.8) is 0 Å². The van der Waals surface area contributed by atoms with Crippen LogP contribution in [0.1, 0.15) is 18.4 Å². The number of rotatable bonds is 4. The minimum atomic E-state index is -3.57. The second-order valence-electron chi connectivity index (χ2n) is 5.91. The maximum atomic E-state index is 13.1. The molecule has 8 heteroatoms. The summed E-state index contributed by atoms with van der Waals surface area (Å²) in [4.78, 5) is 14.2. The van der Waals surface area contributed by atoms with Crippen molar-refractivity contribution < 1.29 is 17.6 Å². The van der Waals surface area contributed by atoms with E-state index >= 15 is 0 Å². The Morgan fingerprint density at radius 1 is 1.39 bits per heavy atom. The first-order chi connectivity index (χ1) is 10.7. The van der Waals surface area contributed by atoms with E-state index < -0.39 is 26.3 Å². The first kappa shape index (κ1) is 18.2. The number of hydrogen-bond donors (Lipinski definition) is 1. The molecule has 1 fully saturated rings. The minimum absolute atomic E-state index is 0.128. The smallest absolute Gasteiger partial charge is 0.244 e. The zero-order valence-electron chi connectivity index (χ0n) is 13.1. The summed E-state index contributed by atoms with van der Waals surface area (Å²) in [6, 6.07) is 3.93. The van der Waals surface area contributed by atoms with E-state index in [0.29, 0.717) is 18.7 Å². The summed E-state index contributed by atoms with van der Waals surface area (Å²) in [5, 5.41) is 3.28. The van der Waals surface area contributed by atoms with Gasteiger partial charge in [0.15, 0.2) is 14.6 Å². The zero-order valence-corrected chi connectivity index (χ0v) is 14.7. The number of nitrogens with zero attached hydrogens (tertiary/aromatic N) is 1. The number of hydrogen-bond acceptors (Lipinski definition) is 4. The standard InChI is InChI=1S/C15H20ClFN2O3S/c1-19(10-11-3-4-12(17)9-13(11)16)14(20)15(23(2,21)22)5-7-18-8-6-15/h3-4,9,18H,5-8,10H2,1-2H3. The molecule has 1 heterocycles. The van der Waals surface area contributed by atoms with Gasteiger partial charge >= 0.3 is 0 Å². The molecule has 0 spiro atoms. The average Bonchev–Trinajstić information content (AvgIpc) is 2.49. The number of amides is 1. The van der Waals surface area contributed by atoms with E-state index in [1.54, 1.807) is 0 Å². The molecule has 0 saturated carbocycles. The molecule has 1 saturated heterocycles. The van der Waals surface area contributed by atoms with Gasteiger partial charge in [0.2, 0.25) is 5.91 Å². The van der Waals surface area contributed by atoms with Crippen LogP contribution >= 0.6 is 11.6 Å². The Balaban J connectivity index is 2.26. The van der Waals surface area contributed by atoms with Crippen molar-refractivity contribution >= 4 is 27.3 Å². The van der Waals surface area contributed by atoms with E-state index in [1.165, 1.54) is 30.1 Å². The Kier molecular flexibility index (Phi) is 5.33. The van der Waals surface area contributed by atoms with Gasteiger partial charge < -0.3 is 10.2 Å². The topological polar surface area (TPSA) is 66.5 Å². The van der Waals surface area contributed by atoms with Gasteiger partial charge in [0.1, 0.15) is 5.82 Å². The summed E-state index contributed by atoms with van der Waals surface area (Å²) < 4.78 is 36.2. The Labute approximate surface area is 140 Å². The highest BCUT2D eigenvalue weighted by molar-refractivity contribution is 7.92. The van der Waals surface area contributed by atoms with Crippen molar-refractivity contribution in [3.05, 3.63) is 34.6 Å².